The maximum atomic E-state index is 13.3. The van der Waals surface area contributed by atoms with Crippen LogP contribution in [0.5, 0.6) is 0 Å². The number of carbonyl (C=O) groups excluding carboxylic acids is 1. The first kappa shape index (κ1) is 22.1. The highest BCUT2D eigenvalue weighted by atomic mass is 35.5. The Morgan fingerprint density at radius 3 is 2.45 bits per heavy atom. The third kappa shape index (κ3) is 4.84. The molecule has 2 unspecified atom stereocenters. The predicted molar refractivity (Wildman–Crippen MR) is 139 cm³/mol. The van der Waals surface area contributed by atoms with Crippen LogP contribution in [0.4, 0.5) is 0 Å². The number of nitrogens with zero attached hydrogens (tertiary/aromatic N) is 2. The van der Waals surface area contributed by atoms with Crippen molar-refractivity contribution in [3.05, 3.63) is 104 Å². The van der Waals surface area contributed by atoms with E-state index in [-0.39, 0.29) is 17.9 Å². The number of fused-ring (bicyclic) bond motifs is 1. The van der Waals surface area contributed by atoms with E-state index in [1.54, 1.807) is 22.4 Å². The molecule has 1 amide bonds. The molecule has 1 saturated carbocycles. The summed E-state index contributed by atoms with van der Waals surface area (Å²) in [5.41, 5.74) is 4.33. The van der Waals surface area contributed by atoms with Crippen LogP contribution in [0.1, 0.15) is 41.3 Å². The molecule has 2 heterocycles. The minimum atomic E-state index is -0.147. The lowest BCUT2D eigenvalue weighted by Crippen LogP contribution is -2.30. The number of carbonyl (C=O) groups is 1. The minimum absolute atomic E-state index is 0.115. The molecule has 5 rings (SSSR count). The highest BCUT2D eigenvalue weighted by Gasteiger charge is 2.43. The largest absolute Gasteiger partial charge is 0.268 e. The summed E-state index contributed by atoms with van der Waals surface area (Å²) in [5, 5.41) is 9.97. The van der Waals surface area contributed by atoms with E-state index < -0.39 is 0 Å². The summed E-state index contributed by atoms with van der Waals surface area (Å²) in [4.78, 5) is 14.4. The third-order valence-electron chi connectivity index (χ3n) is 6.08. The molecule has 0 N–H and O–H groups in total. The molecule has 0 spiro atoms. The van der Waals surface area contributed by atoms with Gasteiger partial charge in [0.25, 0.3) is 5.91 Å². The summed E-state index contributed by atoms with van der Waals surface area (Å²) < 4.78 is 0. The second kappa shape index (κ2) is 9.68. The van der Waals surface area contributed by atoms with Crippen molar-refractivity contribution in [3.63, 3.8) is 0 Å². The van der Waals surface area contributed by atoms with E-state index in [1.807, 2.05) is 72.1 Å². The molecule has 0 radical (unpaired) electrons. The quantitative estimate of drug-likeness (QED) is 0.340. The number of allylic oxidation sites excluding steroid dienone is 1. The molecule has 166 valence electrons. The number of halogens is 2. The zero-order valence-corrected chi connectivity index (χ0v) is 20.2. The van der Waals surface area contributed by atoms with E-state index in [4.69, 9.17) is 28.3 Å². The van der Waals surface area contributed by atoms with Gasteiger partial charge in [-0.25, -0.2) is 5.01 Å². The standard InChI is InChI=1S/C27H22Cl2N2OS/c28-21-10-6-18(7-11-21)17-20-3-1-5-24-26(20)30-31(25(32)15-14-23-4-2-16-33-23)27(24)19-8-12-22(29)13-9-19/h2,4,6-17,24,27H,1,3,5H2/b15-14+,20-17+. The molecule has 0 saturated heterocycles. The molecule has 3 nitrogen and oxygen atoms in total. The van der Waals surface area contributed by atoms with Crippen molar-refractivity contribution in [2.45, 2.75) is 25.3 Å². The summed E-state index contributed by atoms with van der Waals surface area (Å²) >= 11 is 13.8. The van der Waals surface area contributed by atoms with Crippen molar-refractivity contribution in [1.29, 1.82) is 0 Å². The Morgan fingerprint density at radius 1 is 1.03 bits per heavy atom. The van der Waals surface area contributed by atoms with Crippen LogP contribution in [0.15, 0.2) is 82.8 Å². The van der Waals surface area contributed by atoms with E-state index in [2.05, 4.69) is 6.08 Å². The molecule has 1 aliphatic carbocycles. The number of thiophene rings is 1. The van der Waals surface area contributed by atoms with Crippen molar-refractivity contribution in [2.75, 3.05) is 0 Å². The Bertz CT molecular complexity index is 1230. The van der Waals surface area contributed by atoms with E-state index in [1.165, 1.54) is 5.57 Å². The SMILES string of the molecule is O=C(/C=C/c1cccs1)N1N=C2/C(=C/c3ccc(Cl)cc3)CCCC2C1c1ccc(Cl)cc1. The lowest BCUT2D eigenvalue weighted by atomic mass is 9.77. The molecule has 2 aromatic carbocycles. The van der Waals surface area contributed by atoms with Gasteiger partial charge in [-0.05, 0) is 83.8 Å². The van der Waals surface area contributed by atoms with Crippen molar-refractivity contribution in [2.24, 2.45) is 11.0 Å². The lowest BCUT2D eigenvalue weighted by molar-refractivity contribution is -0.128. The predicted octanol–water partition coefficient (Wildman–Crippen LogP) is 7.89. The van der Waals surface area contributed by atoms with Gasteiger partial charge in [0.1, 0.15) is 0 Å². The van der Waals surface area contributed by atoms with Crippen LogP contribution in [0.3, 0.4) is 0 Å². The highest BCUT2D eigenvalue weighted by Crippen LogP contribution is 2.44. The van der Waals surface area contributed by atoms with Crippen LogP contribution in [0.25, 0.3) is 12.2 Å². The van der Waals surface area contributed by atoms with Gasteiger partial charge in [-0.1, -0.05) is 53.5 Å². The Hall–Kier alpha value is -2.66. The molecule has 2 aliphatic rings. The fourth-order valence-corrected chi connectivity index (χ4v) is 5.42. The van der Waals surface area contributed by atoms with Crippen molar-refractivity contribution >= 4 is 58.3 Å². The van der Waals surface area contributed by atoms with Crippen molar-refractivity contribution < 1.29 is 4.79 Å². The number of hydrogen-bond acceptors (Lipinski definition) is 3. The van der Waals surface area contributed by atoms with Crippen LogP contribution in [0, 0.1) is 5.92 Å². The van der Waals surface area contributed by atoms with Gasteiger partial charge in [0.15, 0.2) is 0 Å². The third-order valence-corrected chi connectivity index (χ3v) is 7.42. The van der Waals surface area contributed by atoms with Crippen LogP contribution < -0.4 is 0 Å². The van der Waals surface area contributed by atoms with Crippen LogP contribution in [-0.4, -0.2) is 16.6 Å². The van der Waals surface area contributed by atoms with Gasteiger partial charge in [0.05, 0.1) is 11.8 Å². The Kier molecular flexibility index (Phi) is 6.50. The molecule has 33 heavy (non-hydrogen) atoms. The summed E-state index contributed by atoms with van der Waals surface area (Å²) in [7, 11) is 0. The molecular formula is C27H22Cl2N2OS. The van der Waals surface area contributed by atoms with E-state index in [9.17, 15) is 4.79 Å². The number of rotatable bonds is 4. The molecule has 0 bridgehead atoms. The maximum absolute atomic E-state index is 13.3. The average molecular weight is 493 g/mol. The molecule has 6 heteroatoms. The van der Waals surface area contributed by atoms with Gasteiger partial charge < -0.3 is 0 Å². The van der Waals surface area contributed by atoms with Gasteiger partial charge in [0, 0.05) is 26.9 Å². The summed E-state index contributed by atoms with van der Waals surface area (Å²) in [6, 6.07) is 19.4. The Morgan fingerprint density at radius 2 is 1.76 bits per heavy atom. The molecule has 3 aromatic rings. The first-order valence-electron chi connectivity index (χ1n) is 10.9. The first-order chi connectivity index (χ1) is 16.1. The fourth-order valence-electron chi connectivity index (χ4n) is 4.55. The number of benzene rings is 2. The normalized spacial score (nSPS) is 21.5. The van der Waals surface area contributed by atoms with Crippen molar-refractivity contribution in [3.8, 4) is 0 Å². The van der Waals surface area contributed by atoms with Gasteiger partial charge >= 0.3 is 0 Å². The van der Waals surface area contributed by atoms with Gasteiger partial charge in [-0.3, -0.25) is 4.79 Å². The van der Waals surface area contributed by atoms with Gasteiger partial charge in [-0.2, -0.15) is 5.10 Å². The number of hydrazone groups is 1. The van der Waals surface area contributed by atoms with Crippen LogP contribution in [0.2, 0.25) is 10.0 Å². The topological polar surface area (TPSA) is 32.7 Å². The zero-order valence-electron chi connectivity index (χ0n) is 17.8. The second-order valence-corrected chi connectivity index (χ2v) is 10.1. The van der Waals surface area contributed by atoms with Gasteiger partial charge in [-0.15, -0.1) is 11.3 Å². The second-order valence-electron chi connectivity index (χ2n) is 8.23. The molecule has 1 aliphatic heterocycles. The summed E-state index contributed by atoms with van der Waals surface area (Å²) in [5.74, 6) is 0.0358. The minimum Gasteiger partial charge on any atom is -0.268 e. The molecule has 1 fully saturated rings. The Labute approximate surface area is 207 Å². The number of hydrogen-bond donors (Lipinski definition) is 0. The van der Waals surface area contributed by atoms with E-state index >= 15 is 0 Å². The molecule has 2 atom stereocenters. The molecule has 1 aromatic heterocycles. The number of amides is 1. The smallest absolute Gasteiger partial charge is 0.267 e. The van der Waals surface area contributed by atoms with Crippen LogP contribution in [-0.2, 0) is 4.79 Å². The van der Waals surface area contributed by atoms with Crippen molar-refractivity contribution in [1.82, 2.24) is 5.01 Å². The van der Waals surface area contributed by atoms with Crippen LogP contribution >= 0.6 is 34.5 Å². The summed E-state index contributed by atoms with van der Waals surface area (Å²) in [6.45, 7) is 0. The highest BCUT2D eigenvalue weighted by molar-refractivity contribution is 7.10. The maximum Gasteiger partial charge on any atom is 0.267 e. The molecular weight excluding hydrogens is 471 g/mol. The summed E-state index contributed by atoms with van der Waals surface area (Å²) in [6.07, 6.45) is 8.65. The fraction of sp³-hybridized carbons (Fsp3) is 0.185. The average Bonchev–Trinajstić information content (AvgIpc) is 3.48. The van der Waals surface area contributed by atoms with Gasteiger partial charge in [0.2, 0.25) is 0 Å². The monoisotopic (exact) mass is 492 g/mol. The lowest BCUT2D eigenvalue weighted by Gasteiger charge is -2.29. The first-order valence-corrected chi connectivity index (χ1v) is 12.6. The Balaban J connectivity index is 1.52. The van der Waals surface area contributed by atoms with E-state index in [0.717, 1.165) is 41.0 Å². The van der Waals surface area contributed by atoms with E-state index in [0.29, 0.717) is 10.0 Å². The zero-order chi connectivity index (χ0) is 22.8.